The molecule has 2 aromatic rings. The number of benzene rings is 1. The molecule has 0 bridgehead atoms. The number of H-pyrrole nitrogens is 1. The van der Waals surface area contributed by atoms with Crippen LogP contribution in [0.3, 0.4) is 0 Å². The third kappa shape index (κ3) is 3.92. The van der Waals surface area contributed by atoms with Crippen LogP contribution >= 0.6 is 0 Å². The zero-order chi connectivity index (χ0) is 16.9. The van der Waals surface area contributed by atoms with Gasteiger partial charge in [-0.2, -0.15) is 5.21 Å². The number of ether oxygens (including phenoxy) is 1. The summed E-state index contributed by atoms with van der Waals surface area (Å²) in [6.45, 7) is 1.89. The van der Waals surface area contributed by atoms with E-state index < -0.39 is 0 Å². The van der Waals surface area contributed by atoms with E-state index in [1.807, 2.05) is 0 Å². The van der Waals surface area contributed by atoms with E-state index in [1.165, 1.54) is 6.07 Å². The van der Waals surface area contributed by atoms with E-state index in [0.717, 1.165) is 0 Å². The lowest BCUT2D eigenvalue weighted by Crippen LogP contribution is -2.46. The Labute approximate surface area is 138 Å². The van der Waals surface area contributed by atoms with E-state index in [1.54, 1.807) is 35.0 Å². The lowest BCUT2D eigenvalue weighted by atomic mass is 10.2. The Kier molecular flexibility index (Phi) is 5.11. The fourth-order valence-corrected chi connectivity index (χ4v) is 2.64. The number of hydrogen-bond donors (Lipinski definition) is 1. The van der Waals surface area contributed by atoms with Gasteiger partial charge in [0.2, 0.25) is 11.7 Å². The molecule has 0 aliphatic carbocycles. The highest BCUT2D eigenvalue weighted by Crippen LogP contribution is 2.18. The smallest absolute Gasteiger partial charge is 0.236 e. The highest BCUT2D eigenvalue weighted by Gasteiger charge is 2.28. The maximum absolute atomic E-state index is 13.7. The minimum absolute atomic E-state index is 0.0364. The lowest BCUT2D eigenvalue weighted by Gasteiger charge is -2.32. The van der Waals surface area contributed by atoms with Crippen molar-refractivity contribution >= 4 is 5.91 Å². The molecule has 1 aromatic carbocycles. The monoisotopic (exact) mass is 334 g/mol. The number of amides is 1. The van der Waals surface area contributed by atoms with Gasteiger partial charge in [-0.05, 0) is 13.1 Å². The summed E-state index contributed by atoms with van der Waals surface area (Å²) >= 11 is 0. The molecule has 1 aliphatic heterocycles. The van der Waals surface area contributed by atoms with Crippen LogP contribution in [0.1, 0.15) is 17.5 Å². The van der Waals surface area contributed by atoms with Crippen molar-refractivity contribution in [1.82, 2.24) is 30.4 Å². The fourth-order valence-electron chi connectivity index (χ4n) is 2.64. The van der Waals surface area contributed by atoms with Crippen molar-refractivity contribution in [3.05, 3.63) is 41.5 Å². The molecule has 8 nitrogen and oxygen atoms in total. The van der Waals surface area contributed by atoms with Gasteiger partial charge in [-0.1, -0.05) is 23.4 Å². The van der Waals surface area contributed by atoms with E-state index in [2.05, 4.69) is 20.6 Å². The molecule has 1 N–H and O–H groups in total. The van der Waals surface area contributed by atoms with Gasteiger partial charge in [-0.15, -0.1) is 10.2 Å². The molecule has 1 fully saturated rings. The standard InChI is InChI=1S/C15H19FN6O2/c1-21(8-11-4-2-3-5-12(11)16)10-14(23)22-6-7-24-13(9-22)15-17-19-20-18-15/h2-5,13H,6-10H2,1H3,(H,17,18,19,20). The van der Waals surface area contributed by atoms with Crippen molar-refractivity contribution in [1.29, 1.82) is 0 Å². The van der Waals surface area contributed by atoms with Gasteiger partial charge in [0.05, 0.1) is 19.7 Å². The SMILES string of the molecule is CN(CC(=O)N1CCOC(c2nn[nH]n2)C1)Cc1ccccc1F. The molecule has 128 valence electrons. The van der Waals surface area contributed by atoms with Crippen LogP contribution in [-0.4, -0.2) is 69.6 Å². The quantitative estimate of drug-likeness (QED) is 0.850. The first-order chi connectivity index (χ1) is 11.6. The summed E-state index contributed by atoms with van der Waals surface area (Å²) in [5, 5.41) is 13.7. The van der Waals surface area contributed by atoms with Crippen LogP contribution in [0.2, 0.25) is 0 Å². The second kappa shape index (κ2) is 7.45. The number of carbonyl (C=O) groups is 1. The van der Waals surface area contributed by atoms with Crippen LogP contribution in [0.15, 0.2) is 24.3 Å². The van der Waals surface area contributed by atoms with Crippen molar-refractivity contribution in [2.24, 2.45) is 0 Å². The van der Waals surface area contributed by atoms with Crippen LogP contribution < -0.4 is 0 Å². The number of rotatable bonds is 5. The number of nitrogens with one attached hydrogen (secondary N) is 1. The molecule has 3 rings (SSSR count). The summed E-state index contributed by atoms with van der Waals surface area (Å²) in [6, 6.07) is 6.57. The van der Waals surface area contributed by atoms with Crippen LogP contribution in [0.4, 0.5) is 4.39 Å². The molecule has 0 radical (unpaired) electrons. The van der Waals surface area contributed by atoms with E-state index in [0.29, 0.717) is 37.6 Å². The number of halogens is 1. The van der Waals surface area contributed by atoms with E-state index >= 15 is 0 Å². The van der Waals surface area contributed by atoms with Crippen LogP contribution in [0, 0.1) is 5.82 Å². The number of morpholine rings is 1. The van der Waals surface area contributed by atoms with Crippen molar-refractivity contribution < 1.29 is 13.9 Å². The third-order valence-corrected chi connectivity index (χ3v) is 3.87. The van der Waals surface area contributed by atoms with Crippen LogP contribution in [-0.2, 0) is 16.1 Å². The lowest BCUT2D eigenvalue weighted by molar-refractivity contribution is -0.140. The average molecular weight is 334 g/mol. The van der Waals surface area contributed by atoms with Crippen LogP contribution in [0.25, 0.3) is 0 Å². The largest absolute Gasteiger partial charge is 0.366 e. The van der Waals surface area contributed by atoms with Crippen molar-refractivity contribution in [2.75, 3.05) is 33.3 Å². The van der Waals surface area contributed by atoms with Crippen molar-refractivity contribution in [3.8, 4) is 0 Å². The number of tetrazole rings is 1. The van der Waals surface area contributed by atoms with Crippen molar-refractivity contribution in [2.45, 2.75) is 12.6 Å². The zero-order valence-corrected chi connectivity index (χ0v) is 13.4. The minimum Gasteiger partial charge on any atom is -0.366 e. The number of aromatic nitrogens is 4. The summed E-state index contributed by atoms with van der Waals surface area (Å²) in [4.78, 5) is 16.0. The first-order valence-corrected chi connectivity index (χ1v) is 7.68. The number of nitrogens with zero attached hydrogens (tertiary/aromatic N) is 5. The van der Waals surface area contributed by atoms with Gasteiger partial charge < -0.3 is 9.64 Å². The molecule has 1 amide bonds. The Balaban J connectivity index is 1.55. The van der Waals surface area contributed by atoms with Crippen LogP contribution in [0.5, 0.6) is 0 Å². The fraction of sp³-hybridized carbons (Fsp3) is 0.467. The van der Waals surface area contributed by atoms with Gasteiger partial charge in [0, 0.05) is 18.7 Å². The predicted molar refractivity (Wildman–Crippen MR) is 82.2 cm³/mol. The molecule has 0 spiro atoms. The summed E-state index contributed by atoms with van der Waals surface area (Å²) in [7, 11) is 1.79. The Hall–Kier alpha value is -2.39. The summed E-state index contributed by atoms with van der Waals surface area (Å²) in [6.07, 6.45) is -0.377. The van der Waals surface area contributed by atoms with Gasteiger partial charge in [0.25, 0.3) is 0 Å². The maximum Gasteiger partial charge on any atom is 0.236 e. The Morgan fingerprint density at radius 3 is 3.08 bits per heavy atom. The van der Waals surface area contributed by atoms with E-state index in [-0.39, 0.29) is 24.4 Å². The number of aromatic amines is 1. The molecule has 1 atom stereocenters. The molecular weight excluding hydrogens is 315 g/mol. The first kappa shape index (κ1) is 16.5. The maximum atomic E-state index is 13.7. The molecule has 0 saturated carbocycles. The van der Waals surface area contributed by atoms with Gasteiger partial charge in [0.1, 0.15) is 11.9 Å². The summed E-state index contributed by atoms with van der Waals surface area (Å²) < 4.78 is 19.3. The second-order valence-electron chi connectivity index (χ2n) is 5.73. The molecule has 2 heterocycles. The normalized spacial score (nSPS) is 18.1. The van der Waals surface area contributed by atoms with E-state index in [4.69, 9.17) is 4.74 Å². The topological polar surface area (TPSA) is 87.2 Å². The van der Waals surface area contributed by atoms with Gasteiger partial charge in [0.15, 0.2) is 0 Å². The van der Waals surface area contributed by atoms with Gasteiger partial charge in [-0.25, -0.2) is 4.39 Å². The molecular formula is C15H19FN6O2. The van der Waals surface area contributed by atoms with Gasteiger partial charge >= 0.3 is 0 Å². The molecule has 9 heteroatoms. The molecule has 1 unspecified atom stereocenters. The molecule has 1 aliphatic rings. The second-order valence-corrected chi connectivity index (χ2v) is 5.73. The molecule has 24 heavy (non-hydrogen) atoms. The highest BCUT2D eigenvalue weighted by atomic mass is 19.1. The predicted octanol–water partition coefficient (Wildman–Crippen LogP) is 0.371. The first-order valence-electron chi connectivity index (χ1n) is 7.68. The Morgan fingerprint density at radius 1 is 1.50 bits per heavy atom. The minimum atomic E-state index is -0.377. The summed E-state index contributed by atoms with van der Waals surface area (Å²) in [5.41, 5.74) is 0.569. The van der Waals surface area contributed by atoms with E-state index in [9.17, 15) is 9.18 Å². The molecule has 1 saturated heterocycles. The average Bonchev–Trinajstić information content (AvgIpc) is 3.11. The Morgan fingerprint density at radius 2 is 2.33 bits per heavy atom. The number of likely N-dealkylation sites (N-methyl/N-ethyl adjacent to an activating group) is 1. The highest BCUT2D eigenvalue weighted by molar-refractivity contribution is 5.78. The zero-order valence-electron chi connectivity index (χ0n) is 13.4. The molecule has 1 aromatic heterocycles. The van der Waals surface area contributed by atoms with Gasteiger partial charge in [-0.3, -0.25) is 9.69 Å². The Bertz CT molecular complexity index is 680. The summed E-state index contributed by atoms with van der Waals surface area (Å²) in [5.74, 6) is 0.137. The number of hydrogen-bond acceptors (Lipinski definition) is 6. The van der Waals surface area contributed by atoms with Crippen molar-refractivity contribution in [3.63, 3.8) is 0 Å². The third-order valence-electron chi connectivity index (χ3n) is 3.87. The number of carbonyl (C=O) groups excluding carboxylic acids is 1.